The van der Waals surface area contributed by atoms with Crippen LogP contribution in [0.25, 0.3) is 0 Å². The predicted octanol–water partition coefficient (Wildman–Crippen LogP) is 3.33. The van der Waals surface area contributed by atoms with E-state index in [9.17, 15) is 9.18 Å². The molecule has 3 rings (SSSR count). The lowest BCUT2D eigenvalue weighted by Crippen LogP contribution is -2.36. The Morgan fingerprint density at radius 1 is 1.25 bits per heavy atom. The van der Waals surface area contributed by atoms with Crippen LogP contribution < -0.4 is 5.32 Å². The van der Waals surface area contributed by atoms with Gasteiger partial charge in [-0.05, 0) is 24.1 Å². The summed E-state index contributed by atoms with van der Waals surface area (Å²) in [5, 5.41) is 6.89. The van der Waals surface area contributed by atoms with Crippen molar-refractivity contribution in [2.24, 2.45) is 5.16 Å². The molecule has 2 aromatic carbocycles. The number of benzene rings is 2. The molecule has 1 N–H and O–H groups in total. The summed E-state index contributed by atoms with van der Waals surface area (Å²) in [6.07, 6.45) is 0.163. The number of halogens is 2. The standard InChI is InChI=1S/C18H16ClFN2O2/c19-13-7-4-8-14(20)17(13)15-11-16(24-22-15)18(23)21-10-9-12-5-2-1-3-6-12/h1-8,16H,9-11H2,(H,21,23)/t16-/m1/s1. The summed E-state index contributed by atoms with van der Waals surface area (Å²) in [5.74, 6) is -0.743. The van der Waals surface area contributed by atoms with Gasteiger partial charge in [0.25, 0.3) is 5.91 Å². The van der Waals surface area contributed by atoms with E-state index < -0.39 is 11.9 Å². The molecule has 1 aliphatic heterocycles. The molecule has 0 aromatic heterocycles. The van der Waals surface area contributed by atoms with E-state index in [0.29, 0.717) is 12.3 Å². The number of nitrogens with one attached hydrogen (secondary N) is 1. The highest BCUT2D eigenvalue weighted by atomic mass is 35.5. The number of rotatable bonds is 5. The fraction of sp³-hybridized carbons (Fsp3) is 0.222. The van der Waals surface area contributed by atoms with Gasteiger partial charge in [0.2, 0.25) is 6.10 Å². The van der Waals surface area contributed by atoms with Gasteiger partial charge in [-0.25, -0.2) is 4.39 Å². The highest BCUT2D eigenvalue weighted by molar-refractivity contribution is 6.34. The fourth-order valence-electron chi connectivity index (χ4n) is 2.53. The average molecular weight is 347 g/mol. The van der Waals surface area contributed by atoms with Gasteiger partial charge in [0.05, 0.1) is 16.3 Å². The van der Waals surface area contributed by atoms with Crippen LogP contribution in [0.2, 0.25) is 5.02 Å². The lowest BCUT2D eigenvalue weighted by Gasteiger charge is -2.09. The van der Waals surface area contributed by atoms with Crippen molar-refractivity contribution in [1.82, 2.24) is 5.32 Å². The first-order valence-electron chi connectivity index (χ1n) is 7.64. The van der Waals surface area contributed by atoms with Crippen LogP contribution in [0.15, 0.2) is 53.7 Å². The van der Waals surface area contributed by atoms with E-state index in [1.807, 2.05) is 30.3 Å². The maximum absolute atomic E-state index is 13.9. The van der Waals surface area contributed by atoms with Crippen LogP contribution in [0.1, 0.15) is 17.5 Å². The quantitative estimate of drug-likeness (QED) is 0.902. The zero-order chi connectivity index (χ0) is 16.9. The van der Waals surface area contributed by atoms with Crippen LogP contribution in [-0.2, 0) is 16.1 Å². The topological polar surface area (TPSA) is 50.7 Å². The van der Waals surface area contributed by atoms with Gasteiger partial charge in [-0.15, -0.1) is 0 Å². The summed E-state index contributed by atoms with van der Waals surface area (Å²) < 4.78 is 13.9. The van der Waals surface area contributed by atoms with E-state index in [4.69, 9.17) is 16.4 Å². The first-order valence-corrected chi connectivity index (χ1v) is 8.01. The van der Waals surface area contributed by atoms with Crippen molar-refractivity contribution in [3.8, 4) is 0 Å². The first kappa shape index (κ1) is 16.5. The second-order valence-corrected chi connectivity index (χ2v) is 5.87. The Hall–Kier alpha value is -2.40. The van der Waals surface area contributed by atoms with Gasteiger partial charge in [0.15, 0.2) is 0 Å². The molecule has 0 saturated heterocycles. The molecule has 4 nitrogen and oxygen atoms in total. The molecule has 1 amide bonds. The average Bonchev–Trinajstić information content (AvgIpc) is 3.05. The number of carbonyl (C=O) groups is 1. The third kappa shape index (κ3) is 3.74. The Labute approximate surface area is 144 Å². The van der Waals surface area contributed by atoms with Gasteiger partial charge in [0.1, 0.15) is 5.82 Å². The lowest BCUT2D eigenvalue weighted by atomic mass is 10.0. The van der Waals surface area contributed by atoms with Gasteiger partial charge in [-0.2, -0.15) is 0 Å². The highest BCUT2D eigenvalue weighted by Gasteiger charge is 2.30. The molecule has 0 radical (unpaired) electrons. The monoisotopic (exact) mass is 346 g/mol. The van der Waals surface area contributed by atoms with Crippen molar-refractivity contribution in [2.75, 3.05) is 6.54 Å². The molecule has 1 atom stereocenters. The van der Waals surface area contributed by atoms with E-state index in [0.717, 1.165) is 12.0 Å². The molecule has 0 unspecified atom stereocenters. The van der Waals surface area contributed by atoms with Crippen LogP contribution in [0, 0.1) is 5.82 Å². The van der Waals surface area contributed by atoms with Gasteiger partial charge in [-0.3, -0.25) is 4.79 Å². The maximum atomic E-state index is 13.9. The normalized spacial score (nSPS) is 16.4. The summed E-state index contributed by atoms with van der Waals surface area (Å²) >= 11 is 6.01. The fourth-order valence-corrected chi connectivity index (χ4v) is 2.80. The van der Waals surface area contributed by atoms with Crippen molar-refractivity contribution in [2.45, 2.75) is 18.9 Å². The van der Waals surface area contributed by atoms with Crippen molar-refractivity contribution < 1.29 is 14.0 Å². The minimum Gasteiger partial charge on any atom is -0.382 e. The molecule has 0 bridgehead atoms. The van der Waals surface area contributed by atoms with Crippen LogP contribution in [0.3, 0.4) is 0 Å². The van der Waals surface area contributed by atoms with Crippen molar-refractivity contribution in [1.29, 1.82) is 0 Å². The molecule has 0 saturated carbocycles. The van der Waals surface area contributed by atoms with Gasteiger partial charge >= 0.3 is 0 Å². The number of carbonyl (C=O) groups excluding carboxylic acids is 1. The molecule has 1 heterocycles. The third-order valence-electron chi connectivity index (χ3n) is 3.77. The third-order valence-corrected chi connectivity index (χ3v) is 4.08. The molecule has 124 valence electrons. The van der Waals surface area contributed by atoms with E-state index in [2.05, 4.69) is 10.5 Å². The minimum absolute atomic E-state index is 0.192. The lowest BCUT2D eigenvalue weighted by molar-refractivity contribution is -0.131. The maximum Gasteiger partial charge on any atom is 0.264 e. The van der Waals surface area contributed by atoms with E-state index in [-0.39, 0.29) is 22.9 Å². The van der Waals surface area contributed by atoms with E-state index in [1.54, 1.807) is 6.07 Å². The van der Waals surface area contributed by atoms with Gasteiger partial charge in [0, 0.05) is 13.0 Å². The molecular formula is C18H16ClFN2O2. The molecule has 1 aliphatic rings. The Morgan fingerprint density at radius 2 is 2.04 bits per heavy atom. The van der Waals surface area contributed by atoms with Crippen LogP contribution in [0.4, 0.5) is 4.39 Å². The van der Waals surface area contributed by atoms with Crippen molar-refractivity contribution in [3.63, 3.8) is 0 Å². The number of oxime groups is 1. The molecule has 0 fully saturated rings. The minimum atomic E-state index is -0.758. The highest BCUT2D eigenvalue weighted by Crippen LogP contribution is 2.25. The SMILES string of the molecule is O=C(NCCc1ccccc1)[C@H]1CC(c2c(F)cccc2Cl)=NO1. The molecule has 2 aromatic rings. The summed E-state index contributed by atoms with van der Waals surface area (Å²) in [5.41, 5.74) is 1.68. The first-order chi connectivity index (χ1) is 11.6. The zero-order valence-electron chi connectivity index (χ0n) is 12.8. The Balaban J connectivity index is 1.54. The molecule has 0 spiro atoms. The van der Waals surface area contributed by atoms with Crippen LogP contribution in [-0.4, -0.2) is 24.3 Å². The zero-order valence-corrected chi connectivity index (χ0v) is 13.6. The number of hydrogen-bond donors (Lipinski definition) is 1. The number of nitrogens with zero attached hydrogens (tertiary/aromatic N) is 1. The molecule has 0 aliphatic carbocycles. The van der Waals surface area contributed by atoms with Crippen molar-refractivity contribution in [3.05, 3.63) is 70.5 Å². The van der Waals surface area contributed by atoms with Gasteiger partial charge in [-0.1, -0.05) is 53.2 Å². The Kier molecular flexibility index (Phi) is 5.11. The Bertz CT molecular complexity index is 745. The summed E-state index contributed by atoms with van der Waals surface area (Å²) in [6, 6.07) is 14.3. The summed E-state index contributed by atoms with van der Waals surface area (Å²) in [7, 11) is 0. The second-order valence-electron chi connectivity index (χ2n) is 5.46. The number of amides is 1. The Morgan fingerprint density at radius 3 is 2.79 bits per heavy atom. The summed E-state index contributed by atoms with van der Waals surface area (Å²) in [4.78, 5) is 17.3. The van der Waals surface area contributed by atoms with E-state index in [1.165, 1.54) is 12.1 Å². The molecule has 6 heteroatoms. The molecule has 24 heavy (non-hydrogen) atoms. The van der Waals surface area contributed by atoms with Gasteiger partial charge < -0.3 is 10.2 Å². The van der Waals surface area contributed by atoms with Crippen LogP contribution >= 0.6 is 11.6 Å². The largest absolute Gasteiger partial charge is 0.382 e. The number of hydrogen-bond acceptors (Lipinski definition) is 3. The van der Waals surface area contributed by atoms with E-state index >= 15 is 0 Å². The molecular weight excluding hydrogens is 331 g/mol. The van der Waals surface area contributed by atoms with Crippen LogP contribution in [0.5, 0.6) is 0 Å². The summed E-state index contributed by atoms with van der Waals surface area (Å²) in [6.45, 7) is 0.499. The predicted molar refractivity (Wildman–Crippen MR) is 90.6 cm³/mol. The van der Waals surface area contributed by atoms with Crippen molar-refractivity contribution >= 4 is 23.2 Å². The second kappa shape index (κ2) is 7.45. The smallest absolute Gasteiger partial charge is 0.264 e.